The molecule has 0 saturated heterocycles. The smallest absolute Gasteiger partial charge is 0.191 e. The standard InChI is InChI=1S/C18H22BrFN4/c1-2-21-18(24-12-9-16-5-3-4-10-22-16)23-11-8-14-13-15(19)6-7-17(14)20/h3-7,10,13H,2,8-9,11-12H2,1H3,(H2,21,23,24). The molecule has 1 aromatic heterocycles. The van der Waals surface area contributed by atoms with E-state index in [-0.39, 0.29) is 5.82 Å². The molecule has 0 unspecified atom stereocenters. The van der Waals surface area contributed by atoms with E-state index < -0.39 is 0 Å². The maximum absolute atomic E-state index is 13.7. The SMILES string of the molecule is CCNC(=NCCc1ccccn1)NCCc1cc(Br)ccc1F. The van der Waals surface area contributed by atoms with Gasteiger partial charge in [-0.2, -0.15) is 0 Å². The molecule has 0 radical (unpaired) electrons. The van der Waals surface area contributed by atoms with E-state index in [0.29, 0.717) is 25.1 Å². The normalized spacial score (nSPS) is 11.4. The third-order valence-electron chi connectivity index (χ3n) is 3.40. The van der Waals surface area contributed by atoms with Crippen LogP contribution in [0.3, 0.4) is 0 Å². The maximum Gasteiger partial charge on any atom is 0.191 e. The average Bonchev–Trinajstić information content (AvgIpc) is 2.59. The fourth-order valence-corrected chi connectivity index (χ4v) is 2.63. The number of benzene rings is 1. The molecule has 2 N–H and O–H groups in total. The Kier molecular flexibility index (Phi) is 7.68. The Balaban J connectivity index is 1.84. The molecule has 0 bridgehead atoms. The molecular formula is C18H22BrFN4. The van der Waals surface area contributed by atoms with Gasteiger partial charge in [0, 0.05) is 42.4 Å². The highest BCUT2D eigenvalue weighted by molar-refractivity contribution is 9.10. The van der Waals surface area contributed by atoms with E-state index in [9.17, 15) is 4.39 Å². The van der Waals surface area contributed by atoms with Gasteiger partial charge in [-0.1, -0.05) is 22.0 Å². The van der Waals surface area contributed by atoms with E-state index in [2.05, 4.69) is 36.5 Å². The molecule has 2 aromatic rings. The van der Waals surface area contributed by atoms with Crippen molar-refractivity contribution in [3.8, 4) is 0 Å². The molecule has 4 nitrogen and oxygen atoms in total. The topological polar surface area (TPSA) is 49.3 Å². The highest BCUT2D eigenvalue weighted by Gasteiger charge is 2.04. The Hall–Kier alpha value is -1.95. The molecule has 1 aromatic carbocycles. The summed E-state index contributed by atoms with van der Waals surface area (Å²) in [5, 5.41) is 6.44. The van der Waals surface area contributed by atoms with Crippen molar-refractivity contribution in [3.05, 3.63) is 64.1 Å². The van der Waals surface area contributed by atoms with E-state index in [4.69, 9.17) is 0 Å². The zero-order valence-corrected chi connectivity index (χ0v) is 15.3. The number of aliphatic imine (C=N–C) groups is 1. The summed E-state index contributed by atoms with van der Waals surface area (Å²) in [7, 11) is 0. The van der Waals surface area contributed by atoms with Crippen molar-refractivity contribution in [1.82, 2.24) is 15.6 Å². The molecule has 2 rings (SSSR count). The Morgan fingerprint density at radius 1 is 1.21 bits per heavy atom. The first kappa shape index (κ1) is 18.4. The van der Waals surface area contributed by atoms with Gasteiger partial charge < -0.3 is 10.6 Å². The van der Waals surface area contributed by atoms with Gasteiger partial charge in [0.05, 0.1) is 0 Å². The summed E-state index contributed by atoms with van der Waals surface area (Å²) in [6.45, 7) is 4.06. The maximum atomic E-state index is 13.7. The summed E-state index contributed by atoms with van der Waals surface area (Å²) < 4.78 is 14.6. The van der Waals surface area contributed by atoms with E-state index in [1.165, 1.54) is 6.07 Å². The lowest BCUT2D eigenvalue weighted by atomic mass is 10.1. The second-order valence-corrected chi connectivity index (χ2v) is 6.16. The van der Waals surface area contributed by atoms with Gasteiger partial charge in [0.25, 0.3) is 0 Å². The summed E-state index contributed by atoms with van der Waals surface area (Å²) >= 11 is 3.37. The molecule has 24 heavy (non-hydrogen) atoms. The molecule has 0 spiro atoms. The monoisotopic (exact) mass is 392 g/mol. The Bertz CT molecular complexity index is 661. The van der Waals surface area contributed by atoms with Crippen molar-refractivity contribution >= 4 is 21.9 Å². The molecule has 0 saturated carbocycles. The predicted molar refractivity (Wildman–Crippen MR) is 99.7 cm³/mol. The third-order valence-corrected chi connectivity index (χ3v) is 3.90. The van der Waals surface area contributed by atoms with Crippen LogP contribution in [-0.4, -0.2) is 30.6 Å². The van der Waals surface area contributed by atoms with Gasteiger partial charge in [-0.05, 0) is 49.2 Å². The fourth-order valence-electron chi connectivity index (χ4n) is 2.22. The van der Waals surface area contributed by atoms with Gasteiger partial charge in [0.2, 0.25) is 0 Å². The molecule has 0 atom stereocenters. The minimum atomic E-state index is -0.183. The number of guanidine groups is 1. The van der Waals surface area contributed by atoms with E-state index >= 15 is 0 Å². The zero-order chi connectivity index (χ0) is 17.2. The predicted octanol–water partition coefficient (Wildman–Crippen LogP) is 3.32. The lowest BCUT2D eigenvalue weighted by molar-refractivity contribution is 0.606. The van der Waals surface area contributed by atoms with Crippen LogP contribution in [0.5, 0.6) is 0 Å². The second kappa shape index (κ2) is 10.0. The minimum absolute atomic E-state index is 0.183. The number of rotatable bonds is 7. The van der Waals surface area contributed by atoms with Crippen molar-refractivity contribution in [2.75, 3.05) is 19.6 Å². The van der Waals surface area contributed by atoms with Crippen LogP contribution in [0.25, 0.3) is 0 Å². The van der Waals surface area contributed by atoms with E-state index in [1.807, 2.05) is 31.2 Å². The van der Waals surface area contributed by atoms with Crippen LogP contribution in [0.4, 0.5) is 4.39 Å². The fraction of sp³-hybridized carbons (Fsp3) is 0.333. The lowest BCUT2D eigenvalue weighted by Gasteiger charge is -2.11. The van der Waals surface area contributed by atoms with Gasteiger partial charge in [-0.15, -0.1) is 0 Å². The van der Waals surface area contributed by atoms with Gasteiger partial charge in [-0.3, -0.25) is 9.98 Å². The first-order chi connectivity index (χ1) is 11.7. The molecular weight excluding hydrogens is 371 g/mol. The van der Waals surface area contributed by atoms with Crippen molar-refractivity contribution < 1.29 is 4.39 Å². The zero-order valence-electron chi connectivity index (χ0n) is 13.7. The number of halogens is 2. The van der Waals surface area contributed by atoms with Gasteiger partial charge >= 0.3 is 0 Å². The van der Waals surface area contributed by atoms with Crippen LogP contribution in [0.1, 0.15) is 18.2 Å². The highest BCUT2D eigenvalue weighted by atomic mass is 79.9. The van der Waals surface area contributed by atoms with Crippen molar-refractivity contribution in [3.63, 3.8) is 0 Å². The Labute approximate surface area is 150 Å². The van der Waals surface area contributed by atoms with Gasteiger partial charge in [0.1, 0.15) is 5.82 Å². The summed E-state index contributed by atoms with van der Waals surface area (Å²) in [5.74, 6) is 0.556. The quantitative estimate of drug-likeness (QED) is 0.561. The summed E-state index contributed by atoms with van der Waals surface area (Å²) in [4.78, 5) is 8.82. The molecule has 1 heterocycles. The summed E-state index contributed by atoms with van der Waals surface area (Å²) in [6, 6.07) is 10.9. The largest absolute Gasteiger partial charge is 0.357 e. The Morgan fingerprint density at radius 2 is 2.08 bits per heavy atom. The van der Waals surface area contributed by atoms with Gasteiger partial charge in [-0.25, -0.2) is 4.39 Å². The average molecular weight is 393 g/mol. The number of pyridine rings is 1. The van der Waals surface area contributed by atoms with Crippen molar-refractivity contribution in [2.45, 2.75) is 19.8 Å². The summed E-state index contributed by atoms with van der Waals surface area (Å²) in [6.07, 6.45) is 3.17. The molecule has 128 valence electrons. The van der Waals surface area contributed by atoms with Crippen molar-refractivity contribution in [1.29, 1.82) is 0 Å². The van der Waals surface area contributed by atoms with Crippen LogP contribution >= 0.6 is 15.9 Å². The highest BCUT2D eigenvalue weighted by Crippen LogP contribution is 2.15. The van der Waals surface area contributed by atoms with Gasteiger partial charge in [0.15, 0.2) is 5.96 Å². The van der Waals surface area contributed by atoms with Crippen molar-refractivity contribution in [2.24, 2.45) is 4.99 Å². The molecule has 6 heteroatoms. The number of hydrogen-bond acceptors (Lipinski definition) is 2. The molecule has 0 aliphatic carbocycles. The second-order valence-electron chi connectivity index (χ2n) is 5.24. The first-order valence-electron chi connectivity index (χ1n) is 8.05. The van der Waals surface area contributed by atoms with Crippen LogP contribution in [0, 0.1) is 5.82 Å². The number of aromatic nitrogens is 1. The number of nitrogens with one attached hydrogen (secondary N) is 2. The first-order valence-corrected chi connectivity index (χ1v) is 8.84. The molecule has 0 amide bonds. The van der Waals surface area contributed by atoms with E-state index in [0.717, 1.165) is 29.1 Å². The Morgan fingerprint density at radius 3 is 2.83 bits per heavy atom. The van der Waals surface area contributed by atoms with Crippen LogP contribution in [-0.2, 0) is 12.8 Å². The number of nitrogens with zero attached hydrogens (tertiary/aromatic N) is 2. The summed E-state index contributed by atoms with van der Waals surface area (Å²) in [5.41, 5.74) is 1.70. The van der Waals surface area contributed by atoms with Crippen LogP contribution < -0.4 is 10.6 Å². The molecule has 0 aliphatic rings. The van der Waals surface area contributed by atoms with Crippen LogP contribution in [0.15, 0.2) is 52.1 Å². The van der Waals surface area contributed by atoms with E-state index in [1.54, 1.807) is 12.3 Å². The molecule has 0 aliphatic heterocycles. The third kappa shape index (κ3) is 6.28. The molecule has 0 fully saturated rings. The lowest BCUT2D eigenvalue weighted by Crippen LogP contribution is -2.38. The minimum Gasteiger partial charge on any atom is -0.357 e. The number of hydrogen-bond donors (Lipinski definition) is 2. The van der Waals surface area contributed by atoms with Crippen LogP contribution in [0.2, 0.25) is 0 Å².